The van der Waals surface area contributed by atoms with Crippen LogP contribution in [0.25, 0.3) is 22.2 Å². The Morgan fingerprint density at radius 3 is 2.56 bits per heavy atom. The predicted molar refractivity (Wildman–Crippen MR) is 202 cm³/mol. The molecule has 0 spiro atoms. The van der Waals surface area contributed by atoms with Crippen LogP contribution in [0.3, 0.4) is 0 Å². The van der Waals surface area contributed by atoms with Gasteiger partial charge in [-0.25, -0.2) is 4.98 Å². The SMILES string of the molecule is COc1cc(N2CCC(N3CCCOCC3)CC2)c(-c2cnn(C)c2)cc1Nc1ncc(Br)c(Nc2ccc3nccnc3c2P(C)(C)=O)n1. The molecule has 5 aromatic rings. The summed E-state index contributed by atoms with van der Waals surface area (Å²) >= 11 is 3.60. The van der Waals surface area contributed by atoms with E-state index in [1.807, 2.05) is 36.3 Å². The number of anilines is 5. The number of aryl methyl sites for hydroxylation is 1. The first-order valence-electron chi connectivity index (χ1n) is 16.8. The molecule has 0 unspecified atom stereocenters. The maximum atomic E-state index is 13.5. The molecule has 2 aliphatic heterocycles. The number of nitrogens with zero attached hydrogens (tertiary/aromatic N) is 8. The van der Waals surface area contributed by atoms with Crippen molar-refractivity contribution in [3.63, 3.8) is 0 Å². The highest BCUT2D eigenvalue weighted by Gasteiger charge is 2.28. The third kappa shape index (κ3) is 7.34. The molecule has 262 valence electrons. The van der Waals surface area contributed by atoms with Crippen LogP contribution in [0, 0.1) is 0 Å². The van der Waals surface area contributed by atoms with Crippen LogP contribution in [0.4, 0.5) is 28.8 Å². The van der Waals surface area contributed by atoms with Gasteiger partial charge in [0, 0.05) is 93.5 Å². The number of fused-ring (bicyclic) bond motifs is 1. The van der Waals surface area contributed by atoms with Crippen molar-refractivity contribution in [1.29, 1.82) is 0 Å². The summed E-state index contributed by atoms with van der Waals surface area (Å²) in [6.45, 7) is 9.13. The van der Waals surface area contributed by atoms with Gasteiger partial charge in [0.25, 0.3) is 0 Å². The van der Waals surface area contributed by atoms with Gasteiger partial charge in [0.2, 0.25) is 5.95 Å². The molecule has 0 amide bonds. The lowest BCUT2D eigenvalue weighted by Gasteiger charge is -2.39. The van der Waals surface area contributed by atoms with Gasteiger partial charge >= 0.3 is 0 Å². The maximum absolute atomic E-state index is 13.5. The van der Waals surface area contributed by atoms with E-state index in [1.165, 1.54) is 0 Å². The van der Waals surface area contributed by atoms with Gasteiger partial charge in [-0.2, -0.15) is 10.1 Å². The number of hydrogen-bond acceptors (Lipinski definition) is 12. The first-order chi connectivity index (χ1) is 24.2. The summed E-state index contributed by atoms with van der Waals surface area (Å²) < 4.78 is 27.6. The molecule has 0 atom stereocenters. The Kier molecular flexibility index (Phi) is 10.1. The number of piperidine rings is 1. The summed E-state index contributed by atoms with van der Waals surface area (Å²) in [6.07, 6.45) is 12.1. The van der Waals surface area contributed by atoms with Crippen molar-refractivity contribution in [2.75, 3.05) is 75.4 Å². The van der Waals surface area contributed by atoms with Crippen LogP contribution in [0.5, 0.6) is 5.75 Å². The second-order valence-electron chi connectivity index (χ2n) is 13.1. The number of halogens is 1. The summed E-state index contributed by atoms with van der Waals surface area (Å²) in [4.78, 5) is 23.4. The Morgan fingerprint density at radius 2 is 1.80 bits per heavy atom. The van der Waals surface area contributed by atoms with Gasteiger partial charge < -0.3 is 29.6 Å². The molecule has 7 rings (SSSR count). The third-order valence-electron chi connectivity index (χ3n) is 9.31. The first kappa shape index (κ1) is 34.4. The molecule has 0 radical (unpaired) electrons. The van der Waals surface area contributed by atoms with Crippen molar-refractivity contribution in [1.82, 2.24) is 34.6 Å². The Labute approximate surface area is 300 Å². The largest absolute Gasteiger partial charge is 0.494 e. The summed E-state index contributed by atoms with van der Waals surface area (Å²) in [5.41, 5.74) is 5.80. The summed E-state index contributed by atoms with van der Waals surface area (Å²) in [5, 5.41) is 11.9. The average molecular weight is 762 g/mol. The quantitative estimate of drug-likeness (QED) is 0.170. The van der Waals surface area contributed by atoms with Crippen LogP contribution < -0.4 is 25.6 Å². The highest BCUT2D eigenvalue weighted by atomic mass is 79.9. The van der Waals surface area contributed by atoms with Crippen LogP contribution in [-0.2, 0) is 16.3 Å². The van der Waals surface area contributed by atoms with E-state index in [0.717, 1.165) is 81.2 Å². The highest BCUT2D eigenvalue weighted by Crippen LogP contribution is 2.43. The van der Waals surface area contributed by atoms with Gasteiger partial charge in [-0.05, 0) is 66.7 Å². The fraction of sp³-hybridized carbons (Fsp3) is 0.400. The van der Waals surface area contributed by atoms with Crippen LogP contribution >= 0.6 is 23.1 Å². The number of nitrogens with one attached hydrogen (secondary N) is 2. The maximum Gasteiger partial charge on any atom is 0.229 e. The number of hydrogen-bond donors (Lipinski definition) is 2. The highest BCUT2D eigenvalue weighted by molar-refractivity contribution is 9.10. The minimum atomic E-state index is -2.77. The first-order valence-corrected chi connectivity index (χ1v) is 20.2. The zero-order valence-electron chi connectivity index (χ0n) is 28.8. The normalized spacial score (nSPS) is 16.4. The Morgan fingerprint density at radius 1 is 0.980 bits per heavy atom. The number of aromatic nitrogens is 6. The van der Waals surface area contributed by atoms with Gasteiger partial charge in [0.15, 0.2) is 0 Å². The van der Waals surface area contributed by atoms with Crippen LogP contribution in [0.2, 0.25) is 0 Å². The third-order valence-corrected chi connectivity index (χ3v) is 11.4. The van der Waals surface area contributed by atoms with E-state index in [4.69, 9.17) is 14.5 Å². The van der Waals surface area contributed by atoms with Crippen LogP contribution in [0.15, 0.2) is 59.7 Å². The number of rotatable bonds is 9. The van der Waals surface area contributed by atoms with Gasteiger partial charge in [0.05, 0.1) is 46.6 Å². The lowest BCUT2D eigenvalue weighted by atomic mass is 9.99. The zero-order valence-corrected chi connectivity index (χ0v) is 31.2. The van der Waals surface area contributed by atoms with E-state index >= 15 is 0 Å². The monoisotopic (exact) mass is 760 g/mol. The molecule has 0 saturated carbocycles. The molecule has 15 heteroatoms. The van der Waals surface area contributed by atoms with Gasteiger partial charge in [0.1, 0.15) is 24.2 Å². The smallest absolute Gasteiger partial charge is 0.229 e. The van der Waals surface area contributed by atoms with E-state index in [-0.39, 0.29) is 0 Å². The van der Waals surface area contributed by atoms with Crippen molar-refractivity contribution >= 4 is 68.2 Å². The van der Waals surface area contributed by atoms with Crippen molar-refractivity contribution < 1.29 is 14.0 Å². The molecule has 2 aliphatic rings. The standard InChI is InChI=1S/C35H42BrN10O3P/c1-44-22-23(20-40-44)25-18-29(31(48-2)19-30(25)46-13-8-24(9-14-46)45-12-5-16-49-17-15-45)42-35-39-21-26(36)34(43-35)41-28-7-6-27-32(38-11-10-37-27)33(28)50(3,4)47/h6-7,10-11,18-22,24H,5,8-9,12-17H2,1-4H3,(H2,39,41,42,43). The van der Waals surface area contributed by atoms with E-state index in [2.05, 4.69) is 68.5 Å². The van der Waals surface area contributed by atoms with Gasteiger partial charge in [-0.3, -0.25) is 19.5 Å². The van der Waals surface area contributed by atoms with E-state index in [9.17, 15) is 4.57 Å². The van der Waals surface area contributed by atoms with Crippen molar-refractivity contribution in [2.24, 2.45) is 7.05 Å². The molecule has 3 aromatic heterocycles. The molecule has 2 N–H and O–H groups in total. The molecule has 2 fully saturated rings. The molecule has 5 heterocycles. The number of benzene rings is 2. The van der Waals surface area contributed by atoms with Crippen molar-refractivity contribution in [3.05, 3.63) is 59.7 Å². The summed E-state index contributed by atoms with van der Waals surface area (Å²) in [5.74, 6) is 1.54. The molecular weight excluding hydrogens is 719 g/mol. The Hall–Kier alpha value is -4.10. The fourth-order valence-electron chi connectivity index (χ4n) is 6.92. The minimum absolute atomic E-state index is 0.361. The van der Waals surface area contributed by atoms with E-state index < -0.39 is 7.14 Å². The van der Waals surface area contributed by atoms with Crippen molar-refractivity contribution in [2.45, 2.75) is 25.3 Å². The lowest BCUT2D eigenvalue weighted by Crippen LogP contribution is -2.46. The molecule has 2 aromatic carbocycles. The predicted octanol–water partition coefficient (Wildman–Crippen LogP) is 6.02. The van der Waals surface area contributed by atoms with Crippen LogP contribution in [0.1, 0.15) is 19.3 Å². The Balaban J connectivity index is 1.19. The molecule has 13 nitrogen and oxygen atoms in total. The molecule has 2 saturated heterocycles. The molecular formula is C35H42BrN10O3P. The average Bonchev–Trinajstić information content (AvgIpc) is 3.36. The second-order valence-corrected chi connectivity index (χ2v) is 17.1. The van der Waals surface area contributed by atoms with Gasteiger partial charge in [-0.1, -0.05) is 0 Å². The zero-order chi connectivity index (χ0) is 34.8. The van der Waals surface area contributed by atoms with Crippen LogP contribution in [-0.4, -0.2) is 100 Å². The second kappa shape index (κ2) is 14.6. The molecule has 0 bridgehead atoms. The topological polar surface area (TPSA) is 135 Å². The Bertz CT molecular complexity index is 2040. The summed E-state index contributed by atoms with van der Waals surface area (Å²) in [6, 6.07) is 8.48. The number of ether oxygens (including phenoxy) is 2. The summed E-state index contributed by atoms with van der Waals surface area (Å²) in [7, 11) is 0.835. The van der Waals surface area contributed by atoms with E-state index in [0.29, 0.717) is 50.1 Å². The fourth-order valence-corrected chi connectivity index (χ4v) is 8.61. The molecule has 50 heavy (non-hydrogen) atoms. The minimum Gasteiger partial charge on any atom is -0.494 e. The number of methoxy groups -OCH3 is 1. The lowest BCUT2D eigenvalue weighted by molar-refractivity contribution is 0.125. The van der Waals surface area contributed by atoms with E-state index in [1.54, 1.807) is 39.0 Å². The van der Waals surface area contributed by atoms with Gasteiger partial charge in [-0.15, -0.1) is 0 Å². The van der Waals surface area contributed by atoms with Crippen molar-refractivity contribution in [3.8, 4) is 16.9 Å². The molecule has 0 aliphatic carbocycles.